The van der Waals surface area contributed by atoms with Crippen LogP contribution in [0.2, 0.25) is 0 Å². The molecule has 1 N–H and O–H groups in total. The van der Waals surface area contributed by atoms with Gasteiger partial charge in [-0.05, 0) is 42.9 Å². The van der Waals surface area contributed by atoms with Crippen LogP contribution in [0.4, 0.5) is 0 Å². The van der Waals surface area contributed by atoms with Gasteiger partial charge in [0.1, 0.15) is 5.75 Å². The molecule has 2 fully saturated rings. The van der Waals surface area contributed by atoms with Crippen LogP contribution in [0, 0.1) is 18.3 Å². The molecule has 0 bridgehead atoms. The number of carboxylic acids is 1. The lowest BCUT2D eigenvalue weighted by Gasteiger charge is -2.23. The third kappa shape index (κ3) is 2.69. The zero-order valence-electron chi connectivity index (χ0n) is 13.7. The maximum atomic E-state index is 12.6. The standard InChI is InChI=1S/C18H23NO4/c1-12-5-6-13(8-15(12)23-2)9-16(20)19-10-14-4-3-7-18(14,11-19)17(21)22/h5-6,8,14H,3-4,7,9-11H2,1-2H3,(H,21,22)/t14-,18+/m0/s1. The minimum Gasteiger partial charge on any atom is -0.496 e. The van der Waals surface area contributed by atoms with Gasteiger partial charge < -0.3 is 14.7 Å². The van der Waals surface area contributed by atoms with E-state index in [9.17, 15) is 14.7 Å². The highest BCUT2D eigenvalue weighted by Gasteiger charge is 2.55. The molecule has 1 aliphatic carbocycles. The van der Waals surface area contributed by atoms with E-state index < -0.39 is 11.4 Å². The molecule has 1 amide bonds. The van der Waals surface area contributed by atoms with E-state index in [-0.39, 0.29) is 11.8 Å². The first-order valence-corrected chi connectivity index (χ1v) is 8.11. The average molecular weight is 317 g/mol. The van der Waals surface area contributed by atoms with Gasteiger partial charge in [0.25, 0.3) is 0 Å². The van der Waals surface area contributed by atoms with E-state index in [4.69, 9.17) is 4.74 Å². The van der Waals surface area contributed by atoms with Crippen LogP contribution >= 0.6 is 0 Å². The number of nitrogens with zero attached hydrogens (tertiary/aromatic N) is 1. The summed E-state index contributed by atoms with van der Waals surface area (Å²) in [5.41, 5.74) is 1.23. The van der Waals surface area contributed by atoms with Gasteiger partial charge in [0.15, 0.2) is 0 Å². The van der Waals surface area contributed by atoms with Crippen LogP contribution < -0.4 is 4.74 Å². The highest BCUT2D eigenvalue weighted by atomic mass is 16.5. The lowest BCUT2D eigenvalue weighted by Crippen LogP contribution is -2.37. The second-order valence-corrected chi connectivity index (χ2v) is 6.81. The minimum atomic E-state index is -0.743. The Bertz CT molecular complexity index is 642. The second-order valence-electron chi connectivity index (χ2n) is 6.81. The van der Waals surface area contributed by atoms with Crippen LogP contribution in [0.1, 0.15) is 30.4 Å². The monoisotopic (exact) mass is 317 g/mol. The lowest BCUT2D eigenvalue weighted by atomic mass is 9.81. The fourth-order valence-corrected chi connectivity index (χ4v) is 4.09. The number of aryl methyl sites for hydroxylation is 1. The quantitative estimate of drug-likeness (QED) is 0.925. The lowest BCUT2D eigenvalue weighted by molar-refractivity contribution is -0.149. The molecule has 23 heavy (non-hydrogen) atoms. The summed E-state index contributed by atoms with van der Waals surface area (Å²) in [6, 6.07) is 5.76. The largest absolute Gasteiger partial charge is 0.496 e. The Labute approximate surface area is 136 Å². The van der Waals surface area contributed by atoms with Crippen molar-refractivity contribution in [2.75, 3.05) is 20.2 Å². The van der Waals surface area contributed by atoms with Crippen LogP contribution in [-0.2, 0) is 16.0 Å². The van der Waals surface area contributed by atoms with Crippen LogP contribution in [-0.4, -0.2) is 42.1 Å². The van der Waals surface area contributed by atoms with Gasteiger partial charge >= 0.3 is 5.97 Å². The Hall–Kier alpha value is -2.04. The number of likely N-dealkylation sites (tertiary alicyclic amines) is 1. The molecule has 1 aliphatic heterocycles. The summed E-state index contributed by atoms with van der Waals surface area (Å²) >= 11 is 0. The average Bonchev–Trinajstić information content (AvgIpc) is 3.07. The highest BCUT2D eigenvalue weighted by molar-refractivity contribution is 5.82. The number of carbonyl (C=O) groups excluding carboxylic acids is 1. The number of rotatable bonds is 4. The molecule has 124 valence electrons. The first-order chi connectivity index (χ1) is 11.0. The fourth-order valence-electron chi connectivity index (χ4n) is 4.09. The van der Waals surface area contributed by atoms with E-state index in [1.807, 2.05) is 25.1 Å². The van der Waals surface area contributed by atoms with Crippen molar-refractivity contribution in [3.63, 3.8) is 0 Å². The fraction of sp³-hybridized carbons (Fsp3) is 0.556. The summed E-state index contributed by atoms with van der Waals surface area (Å²) in [6.07, 6.45) is 2.84. The van der Waals surface area contributed by atoms with Crippen molar-refractivity contribution in [3.05, 3.63) is 29.3 Å². The number of amides is 1. The number of hydrogen-bond acceptors (Lipinski definition) is 3. The van der Waals surface area contributed by atoms with Crippen molar-refractivity contribution in [2.45, 2.75) is 32.6 Å². The molecule has 1 saturated heterocycles. The number of aliphatic carboxylic acids is 1. The minimum absolute atomic E-state index is 0.00549. The third-order valence-corrected chi connectivity index (χ3v) is 5.48. The molecule has 5 heteroatoms. The van der Waals surface area contributed by atoms with Gasteiger partial charge in [-0.2, -0.15) is 0 Å². The smallest absolute Gasteiger partial charge is 0.311 e. The molecule has 2 atom stereocenters. The van der Waals surface area contributed by atoms with Gasteiger partial charge in [-0.1, -0.05) is 18.6 Å². The van der Waals surface area contributed by atoms with Gasteiger partial charge in [-0.15, -0.1) is 0 Å². The molecule has 0 radical (unpaired) electrons. The highest BCUT2D eigenvalue weighted by Crippen LogP contribution is 2.48. The number of carbonyl (C=O) groups is 2. The number of methoxy groups -OCH3 is 1. The predicted molar refractivity (Wildman–Crippen MR) is 85.4 cm³/mol. The molecule has 1 aromatic carbocycles. The Morgan fingerprint density at radius 3 is 2.87 bits per heavy atom. The molecular weight excluding hydrogens is 294 g/mol. The Morgan fingerprint density at radius 2 is 2.22 bits per heavy atom. The summed E-state index contributed by atoms with van der Waals surface area (Å²) in [5.74, 6) is 0.144. The molecule has 3 rings (SSSR count). The van der Waals surface area contributed by atoms with E-state index in [0.717, 1.165) is 29.7 Å². The van der Waals surface area contributed by atoms with Crippen LogP contribution in [0.3, 0.4) is 0 Å². The molecule has 1 heterocycles. The number of fused-ring (bicyclic) bond motifs is 1. The van der Waals surface area contributed by atoms with E-state index >= 15 is 0 Å². The first kappa shape index (κ1) is 15.8. The van der Waals surface area contributed by atoms with Crippen molar-refractivity contribution in [1.29, 1.82) is 0 Å². The van der Waals surface area contributed by atoms with Crippen LogP contribution in [0.5, 0.6) is 5.75 Å². The third-order valence-electron chi connectivity index (χ3n) is 5.48. The summed E-state index contributed by atoms with van der Waals surface area (Å²) in [7, 11) is 1.62. The summed E-state index contributed by atoms with van der Waals surface area (Å²) in [5, 5.41) is 9.61. The summed E-state index contributed by atoms with van der Waals surface area (Å²) in [6.45, 7) is 2.89. The number of hydrogen-bond donors (Lipinski definition) is 1. The van der Waals surface area contributed by atoms with E-state index in [2.05, 4.69) is 0 Å². The molecule has 1 saturated carbocycles. The van der Waals surface area contributed by atoms with Gasteiger partial charge in [0, 0.05) is 13.1 Å². The van der Waals surface area contributed by atoms with E-state index in [1.165, 1.54) is 0 Å². The van der Waals surface area contributed by atoms with Crippen molar-refractivity contribution < 1.29 is 19.4 Å². The Kier molecular flexibility index (Phi) is 4.04. The van der Waals surface area contributed by atoms with Crippen molar-refractivity contribution in [3.8, 4) is 5.75 Å². The normalized spacial score (nSPS) is 26.2. The predicted octanol–water partition coefficient (Wildman–Crippen LogP) is 2.26. The maximum Gasteiger partial charge on any atom is 0.311 e. The molecule has 5 nitrogen and oxygen atoms in total. The molecule has 1 aromatic rings. The molecule has 0 aromatic heterocycles. The van der Waals surface area contributed by atoms with Crippen molar-refractivity contribution >= 4 is 11.9 Å². The summed E-state index contributed by atoms with van der Waals surface area (Å²) in [4.78, 5) is 26.0. The number of carboxylic acid groups (broad SMARTS) is 1. The molecular formula is C18H23NO4. The maximum absolute atomic E-state index is 12.6. The zero-order chi connectivity index (χ0) is 16.6. The zero-order valence-corrected chi connectivity index (χ0v) is 13.7. The van der Waals surface area contributed by atoms with E-state index in [0.29, 0.717) is 25.9 Å². The van der Waals surface area contributed by atoms with Gasteiger partial charge in [0.2, 0.25) is 5.91 Å². The number of benzene rings is 1. The van der Waals surface area contributed by atoms with Gasteiger partial charge in [0.05, 0.1) is 18.9 Å². The Morgan fingerprint density at radius 1 is 1.43 bits per heavy atom. The van der Waals surface area contributed by atoms with Gasteiger partial charge in [-0.25, -0.2) is 0 Å². The van der Waals surface area contributed by atoms with Gasteiger partial charge in [-0.3, -0.25) is 9.59 Å². The van der Waals surface area contributed by atoms with Crippen LogP contribution in [0.15, 0.2) is 18.2 Å². The SMILES string of the molecule is COc1cc(CC(=O)N2C[C@@H]3CCC[C@@]3(C(=O)O)C2)ccc1C. The van der Waals surface area contributed by atoms with Crippen molar-refractivity contribution in [2.24, 2.45) is 11.3 Å². The Balaban J connectivity index is 1.72. The molecule has 0 spiro atoms. The first-order valence-electron chi connectivity index (χ1n) is 8.11. The summed E-state index contributed by atoms with van der Waals surface area (Å²) < 4.78 is 5.30. The van der Waals surface area contributed by atoms with Crippen molar-refractivity contribution in [1.82, 2.24) is 4.90 Å². The molecule has 2 aliphatic rings. The van der Waals surface area contributed by atoms with E-state index in [1.54, 1.807) is 12.0 Å². The topological polar surface area (TPSA) is 66.8 Å². The molecule has 0 unspecified atom stereocenters. The second kappa shape index (κ2) is 5.87. The van der Waals surface area contributed by atoms with Crippen LogP contribution in [0.25, 0.3) is 0 Å². The number of ether oxygens (including phenoxy) is 1.